The third-order valence-corrected chi connectivity index (χ3v) is 7.73. The van der Waals surface area contributed by atoms with Gasteiger partial charge in [-0.2, -0.15) is 0 Å². The number of rotatable bonds is 7. The zero-order valence-corrected chi connectivity index (χ0v) is 22.5. The number of ether oxygens (including phenoxy) is 2. The second kappa shape index (κ2) is 9.13. The quantitative estimate of drug-likeness (QED) is 0.490. The summed E-state index contributed by atoms with van der Waals surface area (Å²) < 4.78 is 11.3. The normalized spacial score (nSPS) is 32.3. The van der Waals surface area contributed by atoms with Crippen LogP contribution < -0.4 is 20.1 Å². The van der Waals surface area contributed by atoms with Gasteiger partial charge in [0.1, 0.15) is 0 Å². The van der Waals surface area contributed by atoms with Crippen molar-refractivity contribution in [3.63, 3.8) is 0 Å². The fourth-order valence-electron chi connectivity index (χ4n) is 7.54. The highest BCUT2D eigenvalue weighted by Crippen LogP contribution is 2.66. The molecule has 5 rings (SSSR count). The van der Waals surface area contributed by atoms with Gasteiger partial charge in [-0.3, -0.25) is 4.79 Å². The zero-order chi connectivity index (χ0) is 23.4. The molecule has 0 heterocycles. The Balaban J connectivity index is 0.00000306. The van der Waals surface area contributed by atoms with Crippen LogP contribution in [0.3, 0.4) is 0 Å². The van der Waals surface area contributed by atoms with Crippen molar-refractivity contribution >= 4 is 29.9 Å². The maximum absolute atomic E-state index is 12.1. The van der Waals surface area contributed by atoms with E-state index >= 15 is 0 Å². The largest absolute Gasteiger partial charge is 0.493 e. The van der Waals surface area contributed by atoms with Crippen LogP contribution in [0.25, 0.3) is 0 Å². The average molecular weight is 500 g/mol. The molecule has 2 unspecified atom stereocenters. The molecule has 2 atom stereocenters. The van der Waals surface area contributed by atoms with Gasteiger partial charge in [0.25, 0.3) is 5.91 Å². The molecule has 5 nitrogen and oxygen atoms in total. The molecule has 1 aromatic carbocycles. The van der Waals surface area contributed by atoms with Crippen molar-refractivity contribution in [1.29, 1.82) is 0 Å². The monoisotopic (exact) mass is 498 g/mol. The van der Waals surface area contributed by atoms with Gasteiger partial charge in [-0.25, -0.2) is 0 Å². The Labute approximate surface area is 210 Å². The van der Waals surface area contributed by atoms with Gasteiger partial charge < -0.3 is 20.1 Å². The second-order valence-corrected chi connectivity index (χ2v) is 12.9. The minimum absolute atomic E-state index is 0. The van der Waals surface area contributed by atoms with E-state index in [1.54, 1.807) is 7.11 Å². The lowest BCUT2D eigenvalue weighted by molar-refractivity contribution is -0.124. The topological polar surface area (TPSA) is 59.6 Å². The number of carbonyl (C=O) groups is 1. The van der Waals surface area contributed by atoms with Crippen LogP contribution in [0, 0.1) is 16.7 Å². The predicted molar refractivity (Wildman–Crippen MR) is 136 cm³/mol. The van der Waals surface area contributed by atoms with E-state index in [1.807, 2.05) is 32.9 Å². The van der Waals surface area contributed by atoms with Gasteiger partial charge in [-0.05, 0) is 93.7 Å². The molecule has 4 bridgehead atoms. The van der Waals surface area contributed by atoms with Crippen molar-refractivity contribution in [2.75, 3.05) is 13.7 Å². The fourth-order valence-corrected chi connectivity index (χ4v) is 7.83. The lowest BCUT2D eigenvalue weighted by Gasteiger charge is -2.65. The number of amides is 1. The molecule has 0 radical (unpaired) electrons. The van der Waals surface area contributed by atoms with Crippen LogP contribution in [-0.4, -0.2) is 30.7 Å². The standard InChI is InChI=1S/C26H39ClN2O3.ClH/c1-23(2,3)29-21(30)13-32-22-19(27)7-17(8-20(22)31-6)12-28-26-11-18-9-24(4,15-26)14-25(5,10-18)16-26;/h7-8,18,28H,9-16H2,1-6H3,(H,29,30);1H. The van der Waals surface area contributed by atoms with E-state index in [0.29, 0.717) is 27.4 Å². The van der Waals surface area contributed by atoms with Crippen molar-refractivity contribution in [1.82, 2.24) is 10.6 Å². The molecule has 4 aliphatic rings. The fraction of sp³-hybridized carbons (Fsp3) is 0.731. The molecule has 1 amide bonds. The van der Waals surface area contributed by atoms with E-state index in [2.05, 4.69) is 24.5 Å². The number of hydrogen-bond acceptors (Lipinski definition) is 4. The van der Waals surface area contributed by atoms with Gasteiger partial charge in [-0.15, -0.1) is 12.4 Å². The van der Waals surface area contributed by atoms with Gasteiger partial charge in [0.15, 0.2) is 18.1 Å². The van der Waals surface area contributed by atoms with Gasteiger partial charge in [0.2, 0.25) is 0 Å². The first-order valence-corrected chi connectivity index (χ1v) is 12.2. The Bertz CT molecular complexity index is 880. The van der Waals surface area contributed by atoms with Crippen LogP contribution in [0.2, 0.25) is 5.02 Å². The zero-order valence-electron chi connectivity index (χ0n) is 20.9. The third kappa shape index (κ3) is 5.91. The molecule has 0 aromatic heterocycles. The van der Waals surface area contributed by atoms with Crippen molar-refractivity contribution in [3.05, 3.63) is 22.7 Å². The van der Waals surface area contributed by atoms with E-state index in [-0.39, 0.29) is 36.0 Å². The number of benzene rings is 1. The summed E-state index contributed by atoms with van der Waals surface area (Å²) in [6.45, 7) is 11.4. The van der Waals surface area contributed by atoms with E-state index in [9.17, 15) is 4.79 Å². The molecule has 0 saturated heterocycles. The van der Waals surface area contributed by atoms with Crippen LogP contribution in [0.15, 0.2) is 12.1 Å². The van der Waals surface area contributed by atoms with Gasteiger partial charge in [0, 0.05) is 17.6 Å². The molecule has 4 saturated carbocycles. The number of hydrogen-bond donors (Lipinski definition) is 2. The average Bonchev–Trinajstić information content (AvgIpc) is 2.60. The van der Waals surface area contributed by atoms with Crippen LogP contribution in [0.4, 0.5) is 0 Å². The molecule has 7 heteroatoms. The number of nitrogens with one attached hydrogen (secondary N) is 2. The maximum Gasteiger partial charge on any atom is 0.258 e. The van der Waals surface area contributed by atoms with Crippen LogP contribution in [0.5, 0.6) is 11.5 Å². The molecule has 2 N–H and O–H groups in total. The lowest BCUT2D eigenvalue weighted by Crippen LogP contribution is -2.63. The molecule has 1 aromatic rings. The van der Waals surface area contributed by atoms with Crippen LogP contribution in [-0.2, 0) is 11.3 Å². The Morgan fingerprint density at radius 1 is 1.12 bits per heavy atom. The summed E-state index contributed by atoms with van der Waals surface area (Å²) in [7, 11) is 1.60. The number of halogens is 2. The third-order valence-electron chi connectivity index (χ3n) is 7.45. The molecule has 4 aliphatic carbocycles. The Hall–Kier alpha value is -1.17. The molecule has 4 fully saturated rings. The van der Waals surface area contributed by atoms with Gasteiger partial charge >= 0.3 is 0 Å². The minimum atomic E-state index is -0.310. The Kier molecular flexibility index (Phi) is 7.31. The predicted octanol–water partition coefficient (Wildman–Crippen LogP) is 5.90. The van der Waals surface area contributed by atoms with Crippen molar-refractivity contribution in [3.8, 4) is 11.5 Å². The lowest BCUT2D eigenvalue weighted by atomic mass is 9.43. The molecular formula is C26H40Cl2N2O3. The van der Waals surface area contributed by atoms with Crippen molar-refractivity contribution < 1.29 is 14.3 Å². The van der Waals surface area contributed by atoms with Crippen molar-refractivity contribution in [2.45, 2.75) is 90.8 Å². The smallest absolute Gasteiger partial charge is 0.258 e. The molecule has 0 aliphatic heterocycles. The highest BCUT2D eigenvalue weighted by atomic mass is 35.5. The highest BCUT2D eigenvalue weighted by Gasteiger charge is 2.59. The van der Waals surface area contributed by atoms with E-state index in [0.717, 1.165) is 18.0 Å². The summed E-state index contributed by atoms with van der Waals surface area (Å²) in [4.78, 5) is 12.1. The minimum Gasteiger partial charge on any atom is -0.493 e. The summed E-state index contributed by atoms with van der Waals surface area (Å²) in [5.41, 5.74) is 1.94. The number of carbonyl (C=O) groups excluding carboxylic acids is 1. The van der Waals surface area contributed by atoms with Gasteiger partial charge in [-0.1, -0.05) is 25.4 Å². The van der Waals surface area contributed by atoms with E-state index < -0.39 is 0 Å². The second-order valence-electron chi connectivity index (χ2n) is 12.5. The van der Waals surface area contributed by atoms with Crippen molar-refractivity contribution in [2.24, 2.45) is 16.7 Å². The van der Waals surface area contributed by atoms with E-state index in [4.69, 9.17) is 21.1 Å². The summed E-state index contributed by atoms with van der Waals surface area (Å²) in [5, 5.41) is 7.30. The molecular weight excluding hydrogens is 459 g/mol. The first kappa shape index (κ1) is 26.4. The van der Waals surface area contributed by atoms with Crippen LogP contribution >= 0.6 is 24.0 Å². The number of methoxy groups -OCH3 is 1. The summed E-state index contributed by atoms with van der Waals surface area (Å²) in [6.07, 6.45) is 7.96. The van der Waals surface area contributed by atoms with Crippen LogP contribution in [0.1, 0.15) is 78.7 Å². The highest BCUT2D eigenvalue weighted by molar-refractivity contribution is 6.32. The first-order valence-electron chi connectivity index (χ1n) is 11.9. The van der Waals surface area contributed by atoms with E-state index in [1.165, 1.54) is 38.5 Å². The first-order chi connectivity index (χ1) is 14.8. The Morgan fingerprint density at radius 2 is 1.76 bits per heavy atom. The summed E-state index contributed by atoms with van der Waals surface area (Å²) in [6, 6.07) is 3.90. The van der Waals surface area contributed by atoms with Gasteiger partial charge in [0.05, 0.1) is 12.1 Å². The molecule has 186 valence electrons. The molecule has 33 heavy (non-hydrogen) atoms. The Morgan fingerprint density at radius 3 is 2.30 bits per heavy atom. The summed E-state index contributed by atoms with van der Waals surface area (Å²) >= 11 is 6.56. The summed E-state index contributed by atoms with van der Waals surface area (Å²) in [5.74, 6) is 1.63. The maximum atomic E-state index is 12.1. The SMILES string of the molecule is COc1cc(CNC23CC4CC(C)(CC(C)(C4)C2)C3)cc(Cl)c1OCC(=O)NC(C)(C)C.Cl. The molecule has 0 spiro atoms.